The van der Waals surface area contributed by atoms with Gasteiger partial charge in [-0.3, -0.25) is 19.8 Å². The Morgan fingerprint density at radius 2 is 1.72 bits per heavy atom. The molecule has 4 fully saturated rings. The minimum absolute atomic E-state index is 0.0901. The molecule has 39 heavy (non-hydrogen) atoms. The Morgan fingerprint density at radius 3 is 2.36 bits per heavy atom. The predicted molar refractivity (Wildman–Crippen MR) is 133 cm³/mol. The minimum Gasteiger partial charge on any atom is -0.490 e. The lowest BCUT2D eigenvalue weighted by molar-refractivity contribution is -0.183. The Morgan fingerprint density at radius 1 is 1.05 bits per heavy atom. The van der Waals surface area contributed by atoms with Crippen LogP contribution in [-0.2, 0) is 14.3 Å². The number of rotatable bonds is 3. The van der Waals surface area contributed by atoms with Gasteiger partial charge in [0.25, 0.3) is 0 Å². The molecule has 0 spiro atoms. The fourth-order valence-corrected chi connectivity index (χ4v) is 8.44. The maximum absolute atomic E-state index is 13.4. The number of urea groups is 1. The van der Waals surface area contributed by atoms with E-state index in [1.807, 2.05) is 13.0 Å². The second-order valence-corrected chi connectivity index (χ2v) is 13.1. The normalized spacial score (nSPS) is 41.9. The lowest BCUT2D eigenvalue weighted by atomic mass is 9.39. The molecule has 4 heterocycles. The Balaban J connectivity index is 1.33. The molecule has 0 aromatic heterocycles. The second kappa shape index (κ2) is 7.44. The molecule has 4 aliphatic heterocycles. The number of ether oxygens (including phenoxy) is 4. The van der Waals surface area contributed by atoms with Gasteiger partial charge in [0.1, 0.15) is 18.4 Å². The molecule has 0 radical (unpaired) electrons. The molecule has 2 saturated heterocycles. The van der Waals surface area contributed by atoms with Gasteiger partial charge in [-0.05, 0) is 23.8 Å². The molecule has 2 aliphatic carbocycles. The van der Waals surface area contributed by atoms with Crippen LogP contribution >= 0.6 is 0 Å². The smallest absolute Gasteiger partial charge is 0.326 e. The van der Waals surface area contributed by atoms with Gasteiger partial charge in [-0.2, -0.15) is 0 Å². The van der Waals surface area contributed by atoms with Crippen molar-refractivity contribution in [1.29, 1.82) is 0 Å². The summed E-state index contributed by atoms with van der Waals surface area (Å²) in [6.07, 6.45) is -3.08. The van der Waals surface area contributed by atoms with Gasteiger partial charge in [-0.25, -0.2) is 4.79 Å². The Kier molecular flexibility index (Phi) is 4.79. The van der Waals surface area contributed by atoms with Crippen molar-refractivity contribution in [3.63, 3.8) is 0 Å². The van der Waals surface area contributed by atoms with E-state index in [1.54, 1.807) is 0 Å². The van der Waals surface area contributed by atoms with Gasteiger partial charge in [0.15, 0.2) is 11.5 Å². The molecule has 0 unspecified atom stereocenters. The fraction of sp³-hybridized carbons (Fsp3) is 0.679. The number of fused-ring (bicyclic) bond motifs is 9. The van der Waals surface area contributed by atoms with E-state index in [0.717, 1.165) is 11.1 Å². The molecular weight excluding hydrogens is 508 g/mol. The minimum atomic E-state index is -1.05. The van der Waals surface area contributed by atoms with Crippen LogP contribution in [0.3, 0.4) is 0 Å². The van der Waals surface area contributed by atoms with Crippen molar-refractivity contribution in [3.05, 3.63) is 17.2 Å². The molecule has 3 amide bonds. The molecule has 6 aliphatic rings. The highest BCUT2D eigenvalue weighted by molar-refractivity contribution is 6.03. The number of hydrogen-bond acceptors (Lipinski definition) is 9. The summed E-state index contributed by atoms with van der Waals surface area (Å²) < 4.78 is 24.0. The van der Waals surface area contributed by atoms with Gasteiger partial charge in [0.05, 0.1) is 37.2 Å². The maximum Gasteiger partial charge on any atom is 0.326 e. The van der Waals surface area contributed by atoms with Crippen molar-refractivity contribution in [3.8, 4) is 17.2 Å². The molecule has 0 bridgehead atoms. The zero-order chi connectivity index (χ0) is 28.0. The van der Waals surface area contributed by atoms with Gasteiger partial charge >= 0.3 is 12.0 Å². The van der Waals surface area contributed by atoms with Crippen LogP contribution in [0.4, 0.5) is 4.79 Å². The molecule has 3 N–H and O–H groups in total. The highest BCUT2D eigenvalue weighted by Crippen LogP contribution is 2.74. The molecule has 11 nitrogen and oxygen atoms in total. The van der Waals surface area contributed by atoms with E-state index in [2.05, 4.69) is 33.0 Å². The van der Waals surface area contributed by atoms with Gasteiger partial charge < -0.3 is 29.2 Å². The zero-order valence-electron chi connectivity index (χ0n) is 22.8. The van der Waals surface area contributed by atoms with E-state index in [4.69, 9.17) is 18.9 Å². The number of aliphatic hydroxyl groups is 2. The molecule has 9 atom stereocenters. The third-order valence-corrected chi connectivity index (χ3v) is 11.2. The summed E-state index contributed by atoms with van der Waals surface area (Å²) in [4.78, 5) is 41.2. The third kappa shape index (κ3) is 2.67. The van der Waals surface area contributed by atoms with E-state index in [-0.39, 0.29) is 41.0 Å². The van der Waals surface area contributed by atoms with Crippen molar-refractivity contribution in [2.24, 2.45) is 22.2 Å². The van der Waals surface area contributed by atoms with E-state index in [1.165, 1.54) is 12.0 Å². The second-order valence-electron chi connectivity index (χ2n) is 13.1. The van der Waals surface area contributed by atoms with Crippen molar-refractivity contribution < 1.29 is 43.5 Å². The van der Waals surface area contributed by atoms with E-state index in [0.29, 0.717) is 17.2 Å². The summed E-state index contributed by atoms with van der Waals surface area (Å²) >= 11 is 0. The number of benzene rings is 1. The molecule has 11 heteroatoms. The Labute approximate surface area is 225 Å². The van der Waals surface area contributed by atoms with Gasteiger partial charge in [-0.15, -0.1) is 0 Å². The number of nitrogens with zero attached hydrogens (tertiary/aromatic N) is 1. The molecular formula is C28H34N2O9. The van der Waals surface area contributed by atoms with Crippen molar-refractivity contribution in [1.82, 2.24) is 10.2 Å². The van der Waals surface area contributed by atoms with Gasteiger partial charge in [0.2, 0.25) is 11.7 Å². The quantitative estimate of drug-likeness (QED) is 0.383. The summed E-state index contributed by atoms with van der Waals surface area (Å²) in [6.45, 7) is 9.91. The van der Waals surface area contributed by atoms with Crippen LogP contribution in [0.1, 0.15) is 64.0 Å². The van der Waals surface area contributed by atoms with Crippen LogP contribution in [0.2, 0.25) is 0 Å². The van der Waals surface area contributed by atoms with Crippen LogP contribution in [0, 0.1) is 22.2 Å². The van der Waals surface area contributed by atoms with Crippen LogP contribution in [0.15, 0.2) is 6.07 Å². The Hall–Kier alpha value is -2.89. The highest BCUT2D eigenvalue weighted by atomic mass is 16.6. The van der Waals surface area contributed by atoms with Crippen LogP contribution in [0.25, 0.3) is 0 Å². The predicted octanol–water partition coefficient (Wildman–Crippen LogP) is 1.63. The number of methoxy groups -OCH3 is 1. The number of aliphatic hydroxyl groups excluding tert-OH is 2. The van der Waals surface area contributed by atoms with Crippen molar-refractivity contribution in [2.75, 3.05) is 13.7 Å². The lowest BCUT2D eigenvalue weighted by Gasteiger charge is -2.65. The number of esters is 1. The van der Waals surface area contributed by atoms with Crippen molar-refractivity contribution in [2.45, 2.75) is 83.5 Å². The first kappa shape index (κ1) is 25.1. The van der Waals surface area contributed by atoms with Crippen molar-refractivity contribution >= 4 is 17.9 Å². The largest absolute Gasteiger partial charge is 0.490 e. The first-order valence-electron chi connectivity index (χ1n) is 13.5. The molecule has 7 rings (SSSR count). The number of hydrogen-bond donors (Lipinski definition) is 3. The number of amides is 3. The third-order valence-electron chi connectivity index (χ3n) is 11.2. The fourth-order valence-electron chi connectivity index (χ4n) is 8.44. The summed E-state index contributed by atoms with van der Waals surface area (Å²) in [6, 6.07) is 0.700. The molecule has 2 saturated carbocycles. The first-order valence-corrected chi connectivity index (χ1v) is 13.5. The summed E-state index contributed by atoms with van der Waals surface area (Å²) in [7, 11) is 1.50. The van der Waals surface area contributed by atoms with Crippen LogP contribution in [0.5, 0.6) is 17.2 Å². The molecule has 1 aromatic rings. The van der Waals surface area contributed by atoms with E-state index >= 15 is 0 Å². The molecule has 210 valence electrons. The maximum atomic E-state index is 13.4. The number of nitrogens with one attached hydrogen (secondary N) is 1. The average Bonchev–Trinajstić information content (AvgIpc) is 3.41. The zero-order valence-corrected chi connectivity index (χ0v) is 22.8. The number of carbonyl (C=O) groups is 3. The van der Waals surface area contributed by atoms with Crippen LogP contribution in [-0.4, -0.2) is 77.3 Å². The SMILES string of the molecule is COc1c2c(cc3c1O[C@H]1[C@@H]3[C@@]3(C)C(=O)NC(=O)N([C@@H]4C[C@H](O)[C@@H](CO)O4)[C@@H]13)[C@@H]1[C@@H](C(=O)O2)C(C)(C)C1(C)C. The number of carbonyl (C=O) groups excluding carboxylic acids is 3. The van der Waals surface area contributed by atoms with Gasteiger partial charge in [0, 0.05) is 29.4 Å². The van der Waals surface area contributed by atoms with Crippen LogP contribution < -0.4 is 19.5 Å². The van der Waals surface area contributed by atoms with Gasteiger partial charge in [-0.1, -0.05) is 27.7 Å². The van der Waals surface area contributed by atoms with E-state index < -0.39 is 54.5 Å². The standard InChI is InChI=1S/C28H34N2O9/c1-26(2)15-10-7-11-16-20(38-18(11)21(36-6)19(10)39-23(33)17(15)27(26,3)4)22-28(16,5)24(34)29-25(35)30(22)14-8-12(32)13(9-31)37-14/h7,12-17,20,22,31-32H,8-9H2,1-6H3,(H,29,34,35)/t12-,13+,14-,15+,16+,17-,20-,22-,28+/m0/s1. The number of imide groups is 1. The molecule has 1 aromatic carbocycles. The summed E-state index contributed by atoms with van der Waals surface area (Å²) in [5.74, 6) is -0.403. The average molecular weight is 543 g/mol. The first-order chi connectivity index (χ1) is 18.3. The lowest BCUT2D eigenvalue weighted by Crippen LogP contribution is -2.79. The highest BCUT2D eigenvalue weighted by Gasteiger charge is 2.75. The summed E-state index contributed by atoms with van der Waals surface area (Å²) in [5, 5.41) is 22.4. The monoisotopic (exact) mass is 542 g/mol. The summed E-state index contributed by atoms with van der Waals surface area (Å²) in [5.41, 5.74) is 0.136. The van der Waals surface area contributed by atoms with E-state index in [9.17, 15) is 24.6 Å². The Bertz CT molecular complexity index is 1340. The topological polar surface area (TPSA) is 144 Å².